The molecule has 0 aromatic heterocycles. The van der Waals surface area contributed by atoms with Gasteiger partial charge in [0, 0.05) is 41.9 Å². The minimum atomic E-state index is -3.70. The average molecular weight is 484 g/mol. The quantitative estimate of drug-likeness (QED) is 0.641. The van der Waals surface area contributed by atoms with Gasteiger partial charge in [-0.2, -0.15) is 0 Å². The van der Waals surface area contributed by atoms with E-state index in [1.807, 2.05) is 25.1 Å². The Kier molecular flexibility index (Phi) is 7.08. The number of nitrogens with zero attached hydrogens (tertiary/aromatic N) is 3. The molecule has 1 aliphatic heterocycles. The molecular formula is C22H27Cl2N3O3S. The van der Waals surface area contributed by atoms with E-state index in [1.54, 1.807) is 36.9 Å². The summed E-state index contributed by atoms with van der Waals surface area (Å²) in [5.74, 6) is -0.229. The Hall–Kier alpha value is -1.96. The van der Waals surface area contributed by atoms with E-state index in [0.29, 0.717) is 41.9 Å². The van der Waals surface area contributed by atoms with Crippen molar-refractivity contribution in [3.05, 3.63) is 57.6 Å². The predicted molar refractivity (Wildman–Crippen MR) is 128 cm³/mol. The number of hydrogen-bond donors (Lipinski definition) is 0. The first-order valence-electron chi connectivity index (χ1n) is 10.0. The van der Waals surface area contributed by atoms with Crippen molar-refractivity contribution in [2.24, 2.45) is 0 Å². The van der Waals surface area contributed by atoms with Crippen LogP contribution in [0.3, 0.4) is 0 Å². The summed E-state index contributed by atoms with van der Waals surface area (Å²) in [6.45, 7) is 7.75. The molecule has 0 aliphatic carbocycles. The first-order valence-corrected chi connectivity index (χ1v) is 12.6. The third-order valence-electron chi connectivity index (χ3n) is 5.58. The number of anilines is 2. The minimum Gasteiger partial charge on any atom is -0.368 e. The highest BCUT2D eigenvalue weighted by molar-refractivity contribution is 7.92. The number of carbonyl (C=O) groups excluding carboxylic acids is 1. The van der Waals surface area contributed by atoms with Crippen LogP contribution in [0.5, 0.6) is 0 Å². The summed E-state index contributed by atoms with van der Waals surface area (Å²) < 4.78 is 26.4. The molecule has 1 saturated heterocycles. The van der Waals surface area contributed by atoms with E-state index in [4.69, 9.17) is 23.2 Å². The summed E-state index contributed by atoms with van der Waals surface area (Å²) in [5.41, 5.74) is 3.33. The molecule has 2 aromatic carbocycles. The number of hydrogen-bond acceptors (Lipinski definition) is 4. The summed E-state index contributed by atoms with van der Waals surface area (Å²) in [7, 11) is -3.70. The molecule has 9 heteroatoms. The Bertz CT molecular complexity index is 1080. The Labute approximate surface area is 194 Å². The Morgan fingerprint density at radius 3 is 2.10 bits per heavy atom. The van der Waals surface area contributed by atoms with Crippen molar-refractivity contribution >= 4 is 50.5 Å². The molecule has 0 radical (unpaired) electrons. The van der Waals surface area contributed by atoms with Crippen LogP contribution in [0.4, 0.5) is 11.4 Å². The molecule has 168 valence electrons. The lowest BCUT2D eigenvalue weighted by Crippen LogP contribution is -2.55. The van der Waals surface area contributed by atoms with Crippen molar-refractivity contribution in [2.45, 2.75) is 26.8 Å². The zero-order valence-corrected chi connectivity index (χ0v) is 20.4. The van der Waals surface area contributed by atoms with Gasteiger partial charge in [-0.1, -0.05) is 35.3 Å². The Balaban J connectivity index is 1.79. The van der Waals surface area contributed by atoms with Crippen molar-refractivity contribution < 1.29 is 13.2 Å². The molecule has 1 fully saturated rings. The van der Waals surface area contributed by atoms with E-state index >= 15 is 0 Å². The van der Waals surface area contributed by atoms with Crippen LogP contribution in [0.15, 0.2) is 36.4 Å². The molecule has 0 spiro atoms. The second-order valence-electron chi connectivity index (χ2n) is 7.91. The monoisotopic (exact) mass is 483 g/mol. The van der Waals surface area contributed by atoms with Crippen molar-refractivity contribution in [3.63, 3.8) is 0 Å². The average Bonchev–Trinajstić information content (AvgIpc) is 2.71. The van der Waals surface area contributed by atoms with Gasteiger partial charge >= 0.3 is 0 Å². The number of amides is 1. The minimum absolute atomic E-state index is 0.229. The molecule has 0 saturated carbocycles. The summed E-state index contributed by atoms with van der Waals surface area (Å²) in [6, 6.07) is 9.93. The Morgan fingerprint density at radius 1 is 0.968 bits per heavy atom. The lowest BCUT2D eigenvalue weighted by Gasteiger charge is -2.39. The van der Waals surface area contributed by atoms with Gasteiger partial charge in [-0.3, -0.25) is 9.10 Å². The van der Waals surface area contributed by atoms with Gasteiger partial charge in [0.1, 0.15) is 6.04 Å². The lowest BCUT2D eigenvalue weighted by atomic mass is 10.1. The smallest absolute Gasteiger partial charge is 0.246 e. The van der Waals surface area contributed by atoms with Crippen molar-refractivity contribution in [1.29, 1.82) is 0 Å². The van der Waals surface area contributed by atoms with Crippen LogP contribution in [-0.4, -0.2) is 57.7 Å². The van der Waals surface area contributed by atoms with Crippen molar-refractivity contribution in [3.8, 4) is 0 Å². The van der Waals surface area contributed by atoms with Gasteiger partial charge in [0.25, 0.3) is 0 Å². The summed E-state index contributed by atoms with van der Waals surface area (Å²) in [4.78, 5) is 17.2. The molecule has 1 aliphatic rings. The number of rotatable bonds is 5. The maximum absolute atomic E-state index is 13.3. The zero-order chi connectivity index (χ0) is 22.9. The summed E-state index contributed by atoms with van der Waals surface area (Å²) in [5, 5.41) is 1.09. The number of benzene rings is 2. The van der Waals surface area contributed by atoms with Crippen LogP contribution in [-0.2, 0) is 14.8 Å². The molecule has 31 heavy (non-hydrogen) atoms. The van der Waals surface area contributed by atoms with Crippen molar-refractivity contribution in [1.82, 2.24) is 4.90 Å². The van der Waals surface area contributed by atoms with E-state index < -0.39 is 16.1 Å². The summed E-state index contributed by atoms with van der Waals surface area (Å²) in [6.07, 6.45) is 1.11. The number of sulfonamides is 1. The van der Waals surface area contributed by atoms with E-state index in [1.165, 1.54) is 4.31 Å². The van der Waals surface area contributed by atoms with Crippen LogP contribution < -0.4 is 9.21 Å². The van der Waals surface area contributed by atoms with Crippen LogP contribution in [0, 0.1) is 13.8 Å². The second kappa shape index (κ2) is 9.27. The van der Waals surface area contributed by atoms with Crippen LogP contribution in [0.2, 0.25) is 10.0 Å². The van der Waals surface area contributed by atoms with Gasteiger partial charge in [-0.15, -0.1) is 0 Å². The fraction of sp³-hybridized carbons (Fsp3) is 0.409. The van der Waals surface area contributed by atoms with E-state index in [-0.39, 0.29) is 5.91 Å². The highest BCUT2D eigenvalue weighted by Gasteiger charge is 2.34. The first-order chi connectivity index (χ1) is 14.5. The fourth-order valence-electron chi connectivity index (χ4n) is 3.95. The van der Waals surface area contributed by atoms with Crippen LogP contribution in [0.1, 0.15) is 18.1 Å². The van der Waals surface area contributed by atoms with E-state index in [0.717, 1.165) is 23.1 Å². The normalized spacial score (nSPS) is 15.7. The standard InChI is InChI=1S/C22H27Cl2N3O3S/c1-15-5-7-18(23)13-20(15)25-9-11-26(12-10-25)22(28)17(3)27(31(4,29)30)21-14-19(24)8-6-16(21)2/h5-8,13-14,17H,9-12H2,1-4H3/t17-/m0/s1. The van der Waals surface area contributed by atoms with E-state index in [2.05, 4.69) is 4.90 Å². The van der Waals surface area contributed by atoms with Gasteiger partial charge in [0.15, 0.2) is 0 Å². The predicted octanol–water partition coefficient (Wildman–Crippen LogP) is 4.11. The molecule has 0 N–H and O–H groups in total. The fourth-order valence-corrected chi connectivity index (χ4v) is 5.50. The van der Waals surface area contributed by atoms with Crippen LogP contribution in [0.25, 0.3) is 0 Å². The van der Waals surface area contributed by atoms with Gasteiger partial charge in [-0.05, 0) is 56.2 Å². The van der Waals surface area contributed by atoms with Gasteiger partial charge in [-0.25, -0.2) is 8.42 Å². The third kappa shape index (κ3) is 5.27. The molecule has 1 amide bonds. The molecule has 0 unspecified atom stereocenters. The molecule has 1 heterocycles. The van der Waals surface area contributed by atoms with E-state index in [9.17, 15) is 13.2 Å². The molecule has 0 bridgehead atoms. The van der Waals surface area contributed by atoms with Gasteiger partial charge in [0.2, 0.25) is 15.9 Å². The van der Waals surface area contributed by atoms with Gasteiger partial charge in [0.05, 0.1) is 11.9 Å². The van der Waals surface area contributed by atoms with Crippen molar-refractivity contribution in [2.75, 3.05) is 41.6 Å². The largest absolute Gasteiger partial charge is 0.368 e. The molecule has 1 atom stereocenters. The zero-order valence-electron chi connectivity index (χ0n) is 18.1. The SMILES string of the molecule is Cc1ccc(Cl)cc1N1CCN(C(=O)[C@H](C)N(c2cc(Cl)ccc2C)S(C)(=O)=O)CC1. The summed E-state index contributed by atoms with van der Waals surface area (Å²) >= 11 is 12.3. The molecule has 6 nitrogen and oxygen atoms in total. The Morgan fingerprint density at radius 2 is 1.52 bits per heavy atom. The maximum atomic E-state index is 13.3. The highest BCUT2D eigenvalue weighted by atomic mass is 35.5. The number of aryl methyl sites for hydroxylation is 2. The first kappa shape index (κ1) is 23.7. The van der Waals surface area contributed by atoms with Gasteiger partial charge < -0.3 is 9.80 Å². The maximum Gasteiger partial charge on any atom is 0.246 e. The molecule has 2 aromatic rings. The number of carbonyl (C=O) groups is 1. The van der Waals surface area contributed by atoms with Crippen LogP contribution >= 0.6 is 23.2 Å². The number of piperazine rings is 1. The second-order valence-corrected chi connectivity index (χ2v) is 10.6. The lowest BCUT2D eigenvalue weighted by molar-refractivity contribution is -0.132. The third-order valence-corrected chi connectivity index (χ3v) is 7.28. The topological polar surface area (TPSA) is 60.9 Å². The molecule has 3 rings (SSSR count). The number of halogens is 2. The molecular weight excluding hydrogens is 457 g/mol. The highest BCUT2D eigenvalue weighted by Crippen LogP contribution is 2.29.